The zero-order chi connectivity index (χ0) is 18.9. The van der Waals surface area contributed by atoms with Gasteiger partial charge in [0.2, 0.25) is 0 Å². The molecular weight excluding hydrogens is 346 g/mol. The van der Waals surface area contributed by atoms with Gasteiger partial charge in [0.15, 0.2) is 5.96 Å². The largest absolute Gasteiger partial charge is 0.496 e. The van der Waals surface area contributed by atoms with E-state index in [1.807, 2.05) is 13.0 Å². The summed E-state index contributed by atoms with van der Waals surface area (Å²) in [6.45, 7) is 4.89. The third kappa shape index (κ3) is 6.01. The molecule has 2 N–H and O–H groups in total. The van der Waals surface area contributed by atoms with Crippen molar-refractivity contribution in [1.29, 1.82) is 0 Å². The van der Waals surface area contributed by atoms with Crippen LogP contribution >= 0.6 is 0 Å². The van der Waals surface area contributed by atoms with Gasteiger partial charge < -0.3 is 15.4 Å². The Kier molecular flexibility index (Phi) is 8.42. The lowest BCUT2D eigenvalue weighted by Gasteiger charge is -2.30. The molecule has 1 aliphatic carbocycles. The predicted molar refractivity (Wildman–Crippen MR) is 111 cm³/mol. The highest BCUT2D eigenvalue weighted by atomic mass is 32.2. The summed E-state index contributed by atoms with van der Waals surface area (Å²) in [7, 11) is 2.81. The third-order valence-electron chi connectivity index (χ3n) is 4.97. The number of aliphatic imine (C=N–C) groups is 1. The number of aryl methyl sites for hydroxylation is 1. The van der Waals surface area contributed by atoms with Crippen molar-refractivity contribution in [3.05, 3.63) is 29.3 Å². The Labute approximate surface area is 160 Å². The van der Waals surface area contributed by atoms with E-state index in [9.17, 15) is 4.21 Å². The predicted octanol–water partition coefficient (Wildman–Crippen LogP) is 2.79. The van der Waals surface area contributed by atoms with Gasteiger partial charge in [0.25, 0.3) is 0 Å². The van der Waals surface area contributed by atoms with Crippen LogP contribution in [0.15, 0.2) is 23.2 Å². The summed E-state index contributed by atoms with van der Waals surface area (Å²) in [5, 5.41) is 7.24. The van der Waals surface area contributed by atoms with Gasteiger partial charge in [-0.05, 0) is 44.2 Å². The fourth-order valence-corrected chi connectivity index (χ4v) is 4.90. The minimum absolute atomic E-state index is 0.320. The molecule has 26 heavy (non-hydrogen) atoms. The Balaban J connectivity index is 1.84. The highest BCUT2D eigenvalue weighted by Crippen LogP contribution is 2.23. The molecule has 0 spiro atoms. The van der Waals surface area contributed by atoms with Crippen LogP contribution < -0.4 is 15.4 Å². The lowest BCUT2D eigenvalue weighted by Crippen LogP contribution is -2.47. The molecule has 6 heteroatoms. The van der Waals surface area contributed by atoms with E-state index in [0.717, 1.165) is 56.1 Å². The molecule has 3 atom stereocenters. The summed E-state index contributed by atoms with van der Waals surface area (Å²) in [5.74, 6) is 2.50. The average Bonchev–Trinajstić information content (AvgIpc) is 2.67. The molecule has 1 saturated carbocycles. The summed E-state index contributed by atoms with van der Waals surface area (Å²) < 4.78 is 17.6. The van der Waals surface area contributed by atoms with Crippen molar-refractivity contribution >= 4 is 16.8 Å². The maximum absolute atomic E-state index is 12.1. The Hall–Kier alpha value is -1.56. The molecule has 2 rings (SSSR count). The quantitative estimate of drug-likeness (QED) is 0.565. The number of guanidine groups is 1. The van der Waals surface area contributed by atoms with E-state index in [1.54, 1.807) is 14.2 Å². The molecule has 1 aromatic rings. The second-order valence-electron chi connectivity index (χ2n) is 6.86. The fourth-order valence-electron chi connectivity index (χ4n) is 3.56. The van der Waals surface area contributed by atoms with E-state index in [4.69, 9.17) is 4.74 Å². The molecule has 0 aromatic heterocycles. The smallest absolute Gasteiger partial charge is 0.191 e. The van der Waals surface area contributed by atoms with Crippen LogP contribution in [0.25, 0.3) is 0 Å². The first kappa shape index (κ1) is 20.7. The molecule has 5 nitrogen and oxygen atoms in total. The fraction of sp³-hybridized carbons (Fsp3) is 0.650. The normalized spacial score (nSPS) is 21.9. The van der Waals surface area contributed by atoms with Crippen molar-refractivity contribution in [2.45, 2.75) is 57.2 Å². The second kappa shape index (κ2) is 10.6. The number of nitrogens with one attached hydrogen (secondary N) is 2. The van der Waals surface area contributed by atoms with E-state index in [0.29, 0.717) is 11.3 Å². The van der Waals surface area contributed by atoms with Crippen LogP contribution in [-0.4, -0.2) is 47.9 Å². The Morgan fingerprint density at radius 3 is 2.88 bits per heavy atom. The molecular formula is C20H33N3O2S. The standard InChI is InChI=1S/C20H33N3O2S/c1-5-26(24)18-8-6-7-17(14-18)23-20(21-3)22-12-11-16-13-15(2)9-10-19(16)25-4/h9-10,13,17-18H,5-8,11-12,14H2,1-4H3,(H2,21,22,23). The van der Waals surface area contributed by atoms with Gasteiger partial charge in [0, 0.05) is 41.4 Å². The van der Waals surface area contributed by atoms with Crippen molar-refractivity contribution in [3.8, 4) is 5.75 Å². The first-order valence-corrected chi connectivity index (χ1v) is 10.9. The van der Waals surface area contributed by atoms with Crippen LogP contribution in [0.5, 0.6) is 5.75 Å². The molecule has 3 unspecified atom stereocenters. The minimum Gasteiger partial charge on any atom is -0.496 e. The highest BCUT2D eigenvalue weighted by Gasteiger charge is 2.25. The first-order chi connectivity index (χ1) is 12.6. The first-order valence-electron chi connectivity index (χ1n) is 9.55. The van der Waals surface area contributed by atoms with E-state index >= 15 is 0 Å². The maximum Gasteiger partial charge on any atom is 0.191 e. The highest BCUT2D eigenvalue weighted by molar-refractivity contribution is 7.85. The SMILES string of the molecule is CCS(=O)C1CCCC(NC(=NC)NCCc2cc(C)ccc2OC)C1. The van der Waals surface area contributed by atoms with Crippen LogP contribution in [0.3, 0.4) is 0 Å². The molecule has 1 aliphatic rings. The van der Waals surface area contributed by atoms with Crippen LogP contribution in [0.2, 0.25) is 0 Å². The zero-order valence-electron chi connectivity index (χ0n) is 16.5. The van der Waals surface area contributed by atoms with E-state index in [1.165, 1.54) is 11.1 Å². The Bertz CT molecular complexity index is 633. The zero-order valence-corrected chi connectivity index (χ0v) is 17.3. The van der Waals surface area contributed by atoms with Crippen LogP contribution in [0, 0.1) is 6.92 Å². The second-order valence-corrected chi connectivity index (χ2v) is 8.87. The summed E-state index contributed by atoms with van der Waals surface area (Å²) in [4.78, 5) is 4.35. The number of ether oxygens (including phenoxy) is 1. The summed E-state index contributed by atoms with van der Waals surface area (Å²) in [6, 6.07) is 6.61. The van der Waals surface area contributed by atoms with Gasteiger partial charge in [-0.25, -0.2) is 0 Å². The molecule has 146 valence electrons. The number of methoxy groups -OCH3 is 1. The van der Waals surface area contributed by atoms with Crippen molar-refractivity contribution in [2.75, 3.05) is 26.5 Å². The number of nitrogens with zero attached hydrogens (tertiary/aromatic N) is 1. The van der Waals surface area contributed by atoms with Gasteiger partial charge >= 0.3 is 0 Å². The van der Waals surface area contributed by atoms with Crippen molar-refractivity contribution in [3.63, 3.8) is 0 Å². The topological polar surface area (TPSA) is 62.7 Å². The molecule has 1 fully saturated rings. The maximum atomic E-state index is 12.1. The van der Waals surface area contributed by atoms with E-state index in [2.05, 4.69) is 34.7 Å². The van der Waals surface area contributed by atoms with Crippen molar-refractivity contribution < 1.29 is 8.95 Å². The van der Waals surface area contributed by atoms with Gasteiger partial charge in [-0.15, -0.1) is 0 Å². The number of hydrogen-bond acceptors (Lipinski definition) is 3. The number of hydrogen-bond donors (Lipinski definition) is 2. The third-order valence-corrected chi connectivity index (χ3v) is 6.71. The number of benzene rings is 1. The lowest BCUT2D eigenvalue weighted by molar-refractivity contribution is 0.408. The van der Waals surface area contributed by atoms with Crippen molar-refractivity contribution in [2.24, 2.45) is 4.99 Å². The van der Waals surface area contributed by atoms with Gasteiger partial charge in [-0.1, -0.05) is 31.0 Å². The Morgan fingerprint density at radius 1 is 1.38 bits per heavy atom. The monoisotopic (exact) mass is 379 g/mol. The van der Waals surface area contributed by atoms with E-state index in [-0.39, 0.29) is 0 Å². The minimum atomic E-state index is -0.701. The number of rotatable bonds is 7. The molecule has 0 saturated heterocycles. The van der Waals surface area contributed by atoms with Gasteiger partial charge in [-0.2, -0.15) is 0 Å². The van der Waals surface area contributed by atoms with Crippen LogP contribution in [-0.2, 0) is 17.2 Å². The van der Waals surface area contributed by atoms with Crippen molar-refractivity contribution in [1.82, 2.24) is 10.6 Å². The Morgan fingerprint density at radius 2 is 2.19 bits per heavy atom. The van der Waals surface area contributed by atoms with E-state index < -0.39 is 10.8 Å². The average molecular weight is 380 g/mol. The van der Waals surface area contributed by atoms with Gasteiger partial charge in [0.05, 0.1) is 7.11 Å². The molecule has 0 amide bonds. The molecule has 0 radical (unpaired) electrons. The van der Waals surface area contributed by atoms with Crippen LogP contribution in [0.4, 0.5) is 0 Å². The van der Waals surface area contributed by atoms with Gasteiger partial charge in [0.1, 0.15) is 5.75 Å². The molecule has 0 bridgehead atoms. The summed E-state index contributed by atoms with van der Waals surface area (Å²) >= 11 is 0. The summed E-state index contributed by atoms with van der Waals surface area (Å²) in [6.07, 6.45) is 5.17. The van der Waals surface area contributed by atoms with Crippen LogP contribution in [0.1, 0.15) is 43.7 Å². The molecule has 0 heterocycles. The summed E-state index contributed by atoms with van der Waals surface area (Å²) in [5.41, 5.74) is 2.44. The molecule has 1 aromatic carbocycles. The van der Waals surface area contributed by atoms with Gasteiger partial charge in [-0.3, -0.25) is 9.20 Å². The lowest BCUT2D eigenvalue weighted by atomic mass is 9.95. The molecule has 0 aliphatic heterocycles.